The first-order valence-electron chi connectivity index (χ1n) is 3.25. The van der Waals surface area contributed by atoms with Crippen LogP contribution in [0, 0.1) is 5.92 Å². The zero-order valence-corrected chi connectivity index (χ0v) is 6.57. The fraction of sp³-hybridized carbons (Fsp3) is 0.500. The molecule has 0 aromatic carbocycles. The van der Waals surface area contributed by atoms with Crippen LogP contribution in [0.15, 0.2) is 24.3 Å². The minimum absolute atomic E-state index is 0.551. The maximum absolute atomic E-state index is 11.9. The summed E-state index contributed by atoms with van der Waals surface area (Å²) in [6, 6.07) is 0. The quantitative estimate of drug-likeness (QED) is 0.549. The molecule has 0 aliphatic heterocycles. The summed E-state index contributed by atoms with van der Waals surface area (Å²) in [6.45, 7) is 6.07. The topological polar surface area (TPSA) is 0 Å². The molecular weight excluding hydrogens is 153 g/mol. The highest BCUT2D eigenvalue weighted by Gasteiger charge is 2.33. The zero-order valence-electron chi connectivity index (χ0n) is 6.57. The molecule has 0 aliphatic rings. The summed E-state index contributed by atoms with van der Waals surface area (Å²) < 4.78 is 35.6. The lowest BCUT2D eigenvalue weighted by atomic mass is 10.1. The van der Waals surface area contributed by atoms with Gasteiger partial charge in [-0.3, -0.25) is 0 Å². The maximum atomic E-state index is 11.9. The Morgan fingerprint density at radius 2 is 1.91 bits per heavy atom. The Balaban J connectivity index is 4.28. The van der Waals surface area contributed by atoms with Gasteiger partial charge >= 0.3 is 6.18 Å². The third-order valence-corrected chi connectivity index (χ3v) is 1.35. The van der Waals surface area contributed by atoms with Gasteiger partial charge in [-0.1, -0.05) is 31.2 Å². The second-order valence-corrected chi connectivity index (χ2v) is 2.45. The lowest BCUT2D eigenvalue weighted by Crippen LogP contribution is -2.17. The molecule has 0 fully saturated rings. The van der Waals surface area contributed by atoms with E-state index in [0.29, 0.717) is 5.57 Å². The van der Waals surface area contributed by atoms with Gasteiger partial charge < -0.3 is 0 Å². The van der Waals surface area contributed by atoms with E-state index in [4.69, 9.17) is 0 Å². The van der Waals surface area contributed by atoms with E-state index in [9.17, 15) is 13.2 Å². The summed E-state index contributed by atoms with van der Waals surface area (Å²) >= 11 is 0. The molecule has 0 N–H and O–H groups in total. The second-order valence-electron chi connectivity index (χ2n) is 2.45. The molecule has 0 aromatic heterocycles. The summed E-state index contributed by atoms with van der Waals surface area (Å²) in [5.41, 5.74) is 0.551. The highest BCUT2D eigenvalue weighted by Crippen LogP contribution is 2.27. The Kier molecular flexibility index (Phi) is 3.36. The fourth-order valence-corrected chi connectivity index (χ4v) is 0.557. The standard InChI is InChI=1S/C8H11F3/c1-4-6(2)5-7(3)8(9,10)11/h4-5,7H,1H2,2-3H3/b6-5+/t7-/m1/s1. The number of allylic oxidation sites excluding steroid dienone is 3. The van der Waals surface area contributed by atoms with Gasteiger partial charge in [-0.05, 0) is 6.92 Å². The van der Waals surface area contributed by atoms with E-state index in [1.807, 2.05) is 0 Å². The van der Waals surface area contributed by atoms with Crippen LogP contribution in [0.1, 0.15) is 13.8 Å². The van der Waals surface area contributed by atoms with Gasteiger partial charge in [0.25, 0.3) is 0 Å². The predicted octanol–water partition coefficient (Wildman–Crippen LogP) is 3.32. The van der Waals surface area contributed by atoms with Crippen molar-refractivity contribution in [2.45, 2.75) is 20.0 Å². The van der Waals surface area contributed by atoms with Crippen LogP contribution in [-0.4, -0.2) is 6.18 Å². The van der Waals surface area contributed by atoms with E-state index < -0.39 is 12.1 Å². The monoisotopic (exact) mass is 164 g/mol. The van der Waals surface area contributed by atoms with Crippen molar-refractivity contribution in [3.8, 4) is 0 Å². The van der Waals surface area contributed by atoms with Gasteiger partial charge in [0.1, 0.15) is 0 Å². The molecule has 0 nitrogen and oxygen atoms in total. The Morgan fingerprint density at radius 1 is 1.45 bits per heavy atom. The van der Waals surface area contributed by atoms with Gasteiger partial charge in [0.15, 0.2) is 0 Å². The molecule has 64 valence electrons. The molecular formula is C8H11F3. The van der Waals surface area contributed by atoms with Crippen LogP contribution in [0.3, 0.4) is 0 Å². The van der Waals surface area contributed by atoms with Crippen molar-refractivity contribution in [2.24, 2.45) is 5.92 Å². The minimum Gasteiger partial charge on any atom is -0.170 e. The summed E-state index contributed by atoms with van der Waals surface area (Å²) in [7, 11) is 0. The lowest BCUT2D eigenvalue weighted by Gasteiger charge is -2.11. The Hall–Kier alpha value is -0.730. The van der Waals surface area contributed by atoms with Gasteiger partial charge in [0, 0.05) is 0 Å². The molecule has 0 aliphatic carbocycles. The largest absolute Gasteiger partial charge is 0.394 e. The molecule has 0 unspecified atom stereocenters. The molecule has 0 radical (unpaired) electrons. The van der Waals surface area contributed by atoms with Crippen LogP contribution in [0.25, 0.3) is 0 Å². The van der Waals surface area contributed by atoms with Crippen LogP contribution in [-0.2, 0) is 0 Å². The fourth-order valence-electron chi connectivity index (χ4n) is 0.557. The molecule has 1 atom stereocenters. The van der Waals surface area contributed by atoms with Crippen LogP contribution in [0.5, 0.6) is 0 Å². The lowest BCUT2D eigenvalue weighted by molar-refractivity contribution is -0.156. The van der Waals surface area contributed by atoms with E-state index in [2.05, 4.69) is 6.58 Å². The number of hydrogen-bond acceptors (Lipinski definition) is 0. The Labute approximate surface area is 64.4 Å². The molecule has 0 saturated carbocycles. The van der Waals surface area contributed by atoms with Gasteiger partial charge in [0.2, 0.25) is 0 Å². The van der Waals surface area contributed by atoms with Crippen molar-refractivity contribution in [3.05, 3.63) is 24.3 Å². The summed E-state index contributed by atoms with van der Waals surface area (Å²) in [6.07, 6.45) is -1.58. The molecule has 0 amide bonds. The Bertz CT molecular complexity index is 165. The molecule has 0 spiro atoms. The maximum Gasteiger partial charge on any atom is 0.394 e. The highest BCUT2D eigenvalue weighted by atomic mass is 19.4. The average Bonchev–Trinajstić information content (AvgIpc) is 1.85. The second kappa shape index (κ2) is 3.60. The van der Waals surface area contributed by atoms with E-state index in [1.165, 1.54) is 6.08 Å². The van der Waals surface area contributed by atoms with Crippen molar-refractivity contribution in [1.29, 1.82) is 0 Å². The predicted molar refractivity (Wildman–Crippen MR) is 39.2 cm³/mol. The highest BCUT2D eigenvalue weighted by molar-refractivity contribution is 5.14. The third kappa shape index (κ3) is 3.86. The summed E-state index contributed by atoms with van der Waals surface area (Å²) in [4.78, 5) is 0. The van der Waals surface area contributed by atoms with Gasteiger partial charge in [-0.25, -0.2) is 0 Å². The first kappa shape index (κ1) is 10.3. The van der Waals surface area contributed by atoms with Crippen LogP contribution >= 0.6 is 0 Å². The summed E-state index contributed by atoms with van der Waals surface area (Å²) in [5, 5.41) is 0. The van der Waals surface area contributed by atoms with E-state index in [1.54, 1.807) is 6.92 Å². The number of alkyl halides is 3. The number of halogens is 3. The molecule has 0 saturated heterocycles. The zero-order chi connectivity index (χ0) is 9.07. The van der Waals surface area contributed by atoms with Crippen LogP contribution < -0.4 is 0 Å². The summed E-state index contributed by atoms with van der Waals surface area (Å²) in [5.74, 6) is -1.39. The Morgan fingerprint density at radius 3 is 2.18 bits per heavy atom. The molecule has 0 heterocycles. The minimum atomic E-state index is -4.13. The smallest absolute Gasteiger partial charge is 0.170 e. The van der Waals surface area contributed by atoms with Crippen molar-refractivity contribution in [2.75, 3.05) is 0 Å². The third-order valence-electron chi connectivity index (χ3n) is 1.35. The molecule has 0 rings (SSSR count). The van der Waals surface area contributed by atoms with Crippen LogP contribution in [0.4, 0.5) is 13.2 Å². The molecule has 0 aromatic rings. The van der Waals surface area contributed by atoms with Crippen molar-refractivity contribution in [3.63, 3.8) is 0 Å². The van der Waals surface area contributed by atoms with E-state index in [0.717, 1.165) is 13.0 Å². The molecule has 0 bridgehead atoms. The normalized spacial score (nSPS) is 16.3. The van der Waals surface area contributed by atoms with Crippen LogP contribution in [0.2, 0.25) is 0 Å². The van der Waals surface area contributed by atoms with Crippen molar-refractivity contribution in [1.82, 2.24) is 0 Å². The first-order valence-corrected chi connectivity index (χ1v) is 3.25. The average molecular weight is 164 g/mol. The molecule has 3 heteroatoms. The molecule has 11 heavy (non-hydrogen) atoms. The number of hydrogen-bond donors (Lipinski definition) is 0. The first-order chi connectivity index (χ1) is 4.88. The van der Waals surface area contributed by atoms with Gasteiger partial charge in [-0.2, -0.15) is 13.2 Å². The van der Waals surface area contributed by atoms with E-state index >= 15 is 0 Å². The SMILES string of the molecule is C=C/C(C)=C/[C@@H](C)C(F)(F)F. The van der Waals surface area contributed by atoms with Crippen molar-refractivity contribution >= 4 is 0 Å². The number of rotatable bonds is 2. The van der Waals surface area contributed by atoms with Crippen molar-refractivity contribution < 1.29 is 13.2 Å². The van der Waals surface area contributed by atoms with Gasteiger partial charge in [0.05, 0.1) is 5.92 Å². The van der Waals surface area contributed by atoms with E-state index in [-0.39, 0.29) is 0 Å². The van der Waals surface area contributed by atoms with Gasteiger partial charge in [-0.15, -0.1) is 0 Å².